The minimum Gasteiger partial charge on any atom is -0.490 e. The first-order valence-electron chi connectivity index (χ1n) is 5.49. The molecule has 3 nitrogen and oxygen atoms in total. The first-order chi connectivity index (χ1) is 7.72. The topological polar surface area (TPSA) is 38.7 Å². The number of fused-ring (bicyclic) bond motifs is 1. The molecule has 0 saturated heterocycles. The molecule has 0 bridgehead atoms. The Kier molecular flexibility index (Phi) is 3.56. The third-order valence-corrected chi connectivity index (χ3v) is 2.94. The zero-order chi connectivity index (χ0) is 11.5. The number of hydrogen-bond donors (Lipinski definition) is 1. The minimum absolute atomic E-state index is 0.526. The third-order valence-electron chi connectivity index (χ3n) is 2.61. The van der Waals surface area contributed by atoms with Gasteiger partial charge in [-0.25, -0.2) is 0 Å². The summed E-state index contributed by atoms with van der Waals surface area (Å²) >= 11 is 6.09. The van der Waals surface area contributed by atoms with E-state index in [1.165, 1.54) is 0 Å². The fourth-order valence-electron chi connectivity index (χ4n) is 1.67. The van der Waals surface area contributed by atoms with Crippen molar-refractivity contribution in [1.29, 1.82) is 0 Å². The maximum Gasteiger partial charge on any atom is 0.162 e. The zero-order valence-electron chi connectivity index (χ0n) is 9.20. The summed E-state index contributed by atoms with van der Waals surface area (Å²) in [4.78, 5) is 0. The fraction of sp³-hybridized carbons (Fsp3) is 0.500. The van der Waals surface area contributed by atoms with E-state index < -0.39 is 6.10 Å². The van der Waals surface area contributed by atoms with Crippen LogP contribution in [0.3, 0.4) is 0 Å². The summed E-state index contributed by atoms with van der Waals surface area (Å²) in [6.45, 7) is 3.18. The summed E-state index contributed by atoms with van der Waals surface area (Å²) in [7, 11) is 0. The highest BCUT2D eigenvalue weighted by Gasteiger charge is 2.17. The lowest BCUT2D eigenvalue weighted by atomic mass is 10.1. The Bertz CT molecular complexity index is 379. The van der Waals surface area contributed by atoms with Crippen LogP contribution in [-0.2, 0) is 0 Å². The molecule has 2 rings (SSSR count). The second kappa shape index (κ2) is 4.93. The highest BCUT2D eigenvalue weighted by Crippen LogP contribution is 2.37. The second-order valence-electron chi connectivity index (χ2n) is 3.79. The summed E-state index contributed by atoms with van der Waals surface area (Å²) in [5.74, 6) is 1.33. The molecule has 0 radical (unpaired) electrons. The number of halogens is 1. The number of benzene rings is 1. The Morgan fingerprint density at radius 3 is 2.56 bits per heavy atom. The van der Waals surface area contributed by atoms with Gasteiger partial charge in [-0.05, 0) is 12.5 Å². The van der Waals surface area contributed by atoms with E-state index in [0.29, 0.717) is 41.7 Å². The largest absolute Gasteiger partial charge is 0.490 e. The number of ether oxygens (including phenoxy) is 2. The van der Waals surface area contributed by atoms with Crippen molar-refractivity contribution >= 4 is 11.6 Å². The Labute approximate surface area is 99.9 Å². The molecular weight excluding hydrogens is 228 g/mol. The monoisotopic (exact) mass is 242 g/mol. The predicted molar refractivity (Wildman–Crippen MR) is 62.3 cm³/mol. The van der Waals surface area contributed by atoms with E-state index in [2.05, 4.69) is 0 Å². The van der Waals surface area contributed by atoms with Crippen molar-refractivity contribution in [3.05, 3.63) is 22.7 Å². The van der Waals surface area contributed by atoms with Crippen LogP contribution in [0.4, 0.5) is 0 Å². The van der Waals surface area contributed by atoms with E-state index in [-0.39, 0.29) is 0 Å². The van der Waals surface area contributed by atoms with Gasteiger partial charge in [-0.3, -0.25) is 0 Å². The molecule has 1 N–H and O–H groups in total. The molecule has 1 atom stereocenters. The molecule has 1 aliphatic heterocycles. The number of rotatable bonds is 2. The molecule has 1 heterocycles. The Morgan fingerprint density at radius 2 is 1.94 bits per heavy atom. The van der Waals surface area contributed by atoms with Crippen molar-refractivity contribution in [2.75, 3.05) is 13.2 Å². The van der Waals surface area contributed by atoms with Gasteiger partial charge in [-0.1, -0.05) is 18.5 Å². The van der Waals surface area contributed by atoms with Gasteiger partial charge in [0.15, 0.2) is 11.5 Å². The molecule has 4 heteroatoms. The molecule has 0 fully saturated rings. The maximum atomic E-state index is 9.80. The van der Waals surface area contributed by atoms with Gasteiger partial charge in [-0.2, -0.15) is 0 Å². The number of aliphatic hydroxyl groups is 1. The van der Waals surface area contributed by atoms with Crippen molar-refractivity contribution in [1.82, 2.24) is 0 Å². The van der Waals surface area contributed by atoms with Gasteiger partial charge < -0.3 is 14.6 Å². The van der Waals surface area contributed by atoms with E-state index in [4.69, 9.17) is 21.1 Å². The molecule has 1 aliphatic rings. The standard InChI is InChI=1S/C12H15ClO3/c1-2-10(14)8-6-11-12(7-9(8)13)16-5-3-4-15-11/h6-7,10,14H,2-5H2,1H3/t10-/m1/s1. The molecule has 0 aromatic heterocycles. The fourth-order valence-corrected chi connectivity index (χ4v) is 1.95. The first kappa shape index (κ1) is 11.6. The second-order valence-corrected chi connectivity index (χ2v) is 4.20. The Balaban J connectivity index is 2.38. The van der Waals surface area contributed by atoms with Crippen molar-refractivity contribution in [2.45, 2.75) is 25.9 Å². The Hall–Kier alpha value is -0.930. The van der Waals surface area contributed by atoms with Crippen LogP contribution in [0.1, 0.15) is 31.4 Å². The third kappa shape index (κ3) is 2.25. The van der Waals surface area contributed by atoms with Crippen LogP contribution in [0, 0.1) is 0 Å². The molecule has 0 spiro atoms. The highest BCUT2D eigenvalue weighted by atomic mass is 35.5. The van der Waals surface area contributed by atoms with Crippen LogP contribution in [0.5, 0.6) is 11.5 Å². The van der Waals surface area contributed by atoms with Crippen molar-refractivity contribution in [2.24, 2.45) is 0 Å². The molecule has 0 aliphatic carbocycles. The number of aliphatic hydroxyl groups excluding tert-OH is 1. The predicted octanol–water partition coefficient (Wildman–Crippen LogP) is 2.94. The quantitative estimate of drug-likeness (QED) is 0.867. The summed E-state index contributed by atoms with van der Waals surface area (Å²) in [6.07, 6.45) is 0.932. The van der Waals surface area contributed by atoms with Crippen LogP contribution in [0.2, 0.25) is 5.02 Å². The first-order valence-corrected chi connectivity index (χ1v) is 5.87. The van der Waals surface area contributed by atoms with E-state index in [9.17, 15) is 5.11 Å². The van der Waals surface area contributed by atoms with Crippen molar-refractivity contribution in [3.63, 3.8) is 0 Å². The molecule has 0 unspecified atom stereocenters. The van der Waals surface area contributed by atoms with Gasteiger partial charge in [0, 0.05) is 18.1 Å². The smallest absolute Gasteiger partial charge is 0.162 e. The van der Waals surface area contributed by atoms with Crippen LogP contribution in [-0.4, -0.2) is 18.3 Å². The Morgan fingerprint density at radius 1 is 1.31 bits per heavy atom. The zero-order valence-corrected chi connectivity index (χ0v) is 9.96. The molecule has 0 amide bonds. The summed E-state index contributed by atoms with van der Waals surface area (Å²) in [5.41, 5.74) is 0.702. The molecular formula is C12H15ClO3. The SMILES string of the molecule is CC[C@@H](O)c1cc2c(cc1Cl)OCCCO2. The molecule has 88 valence electrons. The lowest BCUT2D eigenvalue weighted by molar-refractivity contribution is 0.173. The van der Waals surface area contributed by atoms with Crippen LogP contribution >= 0.6 is 11.6 Å². The minimum atomic E-state index is -0.551. The molecule has 0 saturated carbocycles. The van der Waals surface area contributed by atoms with Gasteiger partial charge in [-0.15, -0.1) is 0 Å². The summed E-state index contributed by atoms with van der Waals surface area (Å²) in [6, 6.07) is 3.49. The van der Waals surface area contributed by atoms with E-state index in [1.54, 1.807) is 12.1 Å². The van der Waals surface area contributed by atoms with Gasteiger partial charge in [0.05, 0.1) is 24.3 Å². The van der Waals surface area contributed by atoms with Crippen LogP contribution < -0.4 is 9.47 Å². The summed E-state index contributed by atoms with van der Waals surface area (Å²) in [5, 5.41) is 10.3. The van der Waals surface area contributed by atoms with E-state index in [1.807, 2.05) is 6.92 Å². The lowest BCUT2D eigenvalue weighted by Gasteiger charge is -2.14. The van der Waals surface area contributed by atoms with Crippen molar-refractivity contribution in [3.8, 4) is 11.5 Å². The van der Waals surface area contributed by atoms with Gasteiger partial charge in [0.25, 0.3) is 0 Å². The van der Waals surface area contributed by atoms with Crippen molar-refractivity contribution < 1.29 is 14.6 Å². The number of hydrogen-bond acceptors (Lipinski definition) is 3. The normalized spacial score (nSPS) is 16.7. The average Bonchev–Trinajstić information content (AvgIpc) is 2.51. The van der Waals surface area contributed by atoms with E-state index in [0.717, 1.165) is 6.42 Å². The average molecular weight is 243 g/mol. The lowest BCUT2D eigenvalue weighted by Crippen LogP contribution is -1.99. The molecule has 1 aromatic carbocycles. The maximum absolute atomic E-state index is 9.80. The molecule has 16 heavy (non-hydrogen) atoms. The van der Waals surface area contributed by atoms with Crippen LogP contribution in [0.25, 0.3) is 0 Å². The summed E-state index contributed by atoms with van der Waals surface area (Å²) < 4.78 is 11.1. The van der Waals surface area contributed by atoms with E-state index >= 15 is 0 Å². The van der Waals surface area contributed by atoms with Gasteiger partial charge in [0.2, 0.25) is 0 Å². The molecule has 1 aromatic rings. The van der Waals surface area contributed by atoms with Gasteiger partial charge >= 0.3 is 0 Å². The van der Waals surface area contributed by atoms with Crippen LogP contribution in [0.15, 0.2) is 12.1 Å². The highest BCUT2D eigenvalue weighted by molar-refractivity contribution is 6.31. The van der Waals surface area contributed by atoms with Gasteiger partial charge in [0.1, 0.15) is 0 Å².